The number of hydrogen-bond acceptors (Lipinski definition) is 3. The zero-order valence-corrected chi connectivity index (χ0v) is 10.9. The molecule has 1 aromatic carbocycles. The molecule has 0 saturated heterocycles. The zero-order valence-electron chi connectivity index (χ0n) is 8.12. The molecule has 0 unspecified atom stereocenters. The third-order valence-electron chi connectivity index (χ3n) is 1.50. The molecule has 1 rings (SSSR count). The van der Waals surface area contributed by atoms with Crippen molar-refractivity contribution in [2.75, 3.05) is 6.54 Å². The Morgan fingerprint density at radius 3 is 2.27 bits per heavy atom. The Labute approximate surface area is 114 Å². The average molecular weight is 236 g/mol. The van der Waals surface area contributed by atoms with E-state index in [0.29, 0.717) is 10.6 Å². The van der Waals surface area contributed by atoms with E-state index in [4.69, 9.17) is 11.6 Å². The predicted octanol–water partition coefficient (Wildman–Crippen LogP) is -3.18. The molecule has 74 valence electrons. The Balaban J connectivity index is 0.00000196. The summed E-state index contributed by atoms with van der Waals surface area (Å²) in [6.45, 7) is -0.499. The van der Waals surface area contributed by atoms with Crippen molar-refractivity contribution in [3.63, 3.8) is 0 Å². The Morgan fingerprint density at radius 1 is 1.27 bits per heavy atom. The number of halogens is 1. The summed E-state index contributed by atoms with van der Waals surface area (Å²) in [5, 5.41) is 12.7. The molecule has 4 nitrogen and oxygen atoms in total. The van der Waals surface area contributed by atoms with Crippen molar-refractivity contribution in [2.45, 2.75) is 0 Å². The second kappa shape index (κ2) is 6.85. The van der Waals surface area contributed by atoms with Crippen LogP contribution < -0.4 is 40.0 Å². The van der Waals surface area contributed by atoms with Crippen LogP contribution >= 0.6 is 11.6 Å². The molecule has 0 radical (unpaired) electrons. The number of nitrogens with one attached hydrogen (secondary N) is 1. The maximum atomic E-state index is 11.2. The Bertz CT molecular complexity index is 353. The van der Waals surface area contributed by atoms with Gasteiger partial charge in [-0.25, -0.2) is 0 Å². The number of carbonyl (C=O) groups is 2. The largest absolute Gasteiger partial charge is 1.00 e. The maximum Gasteiger partial charge on any atom is 1.00 e. The number of aliphatic carboxylic acids is 1. The first kappa shape index (κ1) is 14.5. The number of carbonyl (C=O) groups excluding carboxylic acids is 2. The number of rotatable bonds is 3. The molecule has 0 aliphatic heterocycles. The summed E-state index contributed by atoms with van der Waals surface area (Å²) < 4.78 is 0. The third kappa shape index (κ3) is 5.18. The summed E-state index contributed by atoms with van der Waals surface area (Å²) in [6.07, 6.45) is 0. The van der Waals surface area contributed by atoms with Crippen molar-refractivity contribution in [1.29, 1.82) is 0 Å². The number of benzene rings is 1. The number of hydrogen-bond donors (Lipinski definition) is 1. The summed E-state index contributed by atoms with van der Waals surface area (Å²) in [5.41, 5.74) is 0.357. The van der Waals surface area contributed by atoms with Crippen LogP contribution in [-0.4, -0.2) is 18.4 Å². The van der Waals surface area contributed by atoms with E-state index in [1.165, 1.54) is 12.1 Å². The van der Waals surface area contributed by atoms with Crippen LogP contribution in [0.15, 0.2) is 24.3 Å². The van der Waals surface area contributed by atoms with E-state index < -0.39 is 18.4 Å². The SMILES string of the molecule is O=C([O-])CNC(=O)c1ccc(Cl)cc1.[Na+]. The van der Waals surface area contributed by atoms with Gasteiger partial charge in [0.25, 0.3) is 5.91 Å². The molecule has 0 heterocycles. The number of carboxylic acids is 1. The van der Waals surface area contributed by atoms with Crippen molar-refractivity contribution >= 4 is 23.5 Å². The summed E-state index contributed by atoms with van der Waals surface area (Å²) in [4.78, 5) is 21.3. The van der Waals surface area contributed by atoms with E-state index in [-0.39, 0.29) is 29.6 Å². The standard InChI is InChI=1S/C9H8ClNO3.Na/c10-7-3-1-6(2-4-7)9(14)11-5-8(12)13;/h1-4H,5H2,(H,11,14)(H,12,13);/q;+1/p-1. The van der Waals surface area contributed by atoms with Gasteiger partial charge in [0.2, 0.25) is 0 Å². The average Bonchev–Trinajstić information content (AvgIpc) is 2.15. The molecule has 0 aliphatic rings. The van der Waals surface area contributed by atoms with Crippen LogP contribution in [0.25, 0.3) is 0 Å². The molecule has 0 bridgehead atoms. The van der Waals surface area contributed by atoms with E-state index in [0.717, 1.165) is 0 Å². The fourth-order valence-corrected chi connectivity index (χ4v) is 0.982. The minimum absolute atomic E-state index is 0. The monoisotopic (exact) mass is 235 g/mol. The van der Waals surface area contributed by atoms with Crippen molar-refractivity contribution in [2.24, 2.45) is 0 Å². The second-order valence-corrected chi connectivity index (χ2v) is 3.00. The molecule has 0 aliphatic carbocycles. The minimum atomic E-state index is -1.33. The van der Waals surface area contributed by atoms with Crippen molar-refractivity contribution < 1.29 is 44.3 Å². The van der Waals surface area contributed by atoms with Gasteiger partial charge in [-0.2, -0.15) is 0 Å². The number of carboxylic acid groups (broad SMARTS) is 1. The van der Waals surface area contributed by atoms with Crippen LogP contribution in [0.1, 0.15) is 10.4 Å². The van der Waals surface area contributed by atoms with E-state index in [1.54, 1.807) is 12.1 Å². The van der Waals surface area contributed by atoms with E-state index in [2.05, 4.69) is 5.32 Å². The molecule has 0 atom stereocenters. The van der Waals surface area contributed by atoms with Gasteiger partial charge in [-0.3, -0.25) is 4.79 Å². The summed E-state index contributed by atoms with van der Waals surface area (Å²) in [6, 6.07) is 6.12. The normalized spacial score (nSPS) is 8.87. The molecular weight excluding hydrogens is 229 g/mol. The zero-order chi connectivity index (χ0) is 10.6. The summed E-state index contributed by atoms with van der Waals surface area (Å²) >= 11 is 5.61. The van der Waals surface area contributed by atoms with Crippen LogP contribution in [0.2, 0.25) is 5.02 Å². The molecule has 6 heteroatoms. The van der Waals surface area contributed by atoms with Crippen molar-refractivity contribution in [3.8, 4) is 0 Å². The molecule has 15 heavy (non-hydrogen) atoms. The molecule has 0 fully saturated rings. The van der Waals surface area contributed by atoms with Crippen LogP contribution in [0.5, 0.6) is 0 Å². The minimum Gasteiger partial charge on any atom is -0.548 e. The predicted molar refractivity (Wildman–Crippen MR) is 48.8 cm³/mol. The van der Waals surface area contributed by atoms with Crippen LogP contribution in [0, 0.1) is 0 Å². The van der Waals surface area contributed by atoms with E-state index in [1.807, 2.05) is 0 Å². The van der Waals surface area contributed by atoms with Crippen LogP contribution in [0.3, 0.4) is 0 Å². The Hall–Kier alpha value is -0.550. The van der Waals surface area contributed by atoms with Gasteiger partial charge in [-0.15, -0.1) is 0 Å². The molecule has 0 aromatic heterocycles. The summed E-state index contributed by atoms with van der Waals surface area (Å²) in [7, 11) is 0. The van der Waals surface area contributed by atoms with E-state index >= 15 is 0 Å². The molecular formula is C9H7ClNNaO3. The molecule has 1 N–H and O–H groups in total. The van der Waals surface area contributed by atoms with Crippen LogP contribution in [-0.2, 0) is 4.79 Å². The topological polar surface area (TPSA) is 69.2 Å². The van der Waals surface area contributed by atoms with Gasteiger partial charge < -0.3 is 15.2 Å². The maximum absolute atomic E-state index is 11.2. The Kier molecular flexibility index (Phi) is 6.60. The summed E-state index contributed by atoms with van der Waals surface area (Å²) in [5.74, 6) is -1.79. The van der Waals surface area contributed by atoms with Gasteiger partial charge in [-0.05, 0) is 24.3 Å². The van der Waals surface area contributed by atoms with Gasteiger partial charge in [0.05, 0.1) is 12.5 Å². The molecule has 0 spiro atoms. The van der Waals surface area contributed by atoms with Crippen molar-refractivity contribution in [1.82, 2.24) is 5.32 Å². The van der Waals surface area contributed by atoms with Gasteiger partial charge >= 0.3 is 29.6 Å². The van der Waals surface area contributed by atoms with E-state index in [9.17, 15) is 14.7 Å². The smallest absolute Gasteiger partial charge is 0.548 e. The quantitative estimate of drug-likeness (QED) is 0.562. The van der Waals surface area contributed by atoms with Gasteiger partial charge in [-0.1, -0.05) is 11.6 Å². The second-order valence-electron chi connectivity index (χ2n) is 2.56. The first-order chi connectivity index (χ1) is 6.59. The van der Waals surface area contributed by atoms with Gasteiger partial charge in [0, 0.05) is 10.6 Å². The fourth-order valence-electron chi connectivity index (χ4n) is 0.856. The number of amides is 1. The molecule has 0 saturated carbocycles. The Morgan fingerprint density at radius 2 is 1.80 bits per heavy atom. The molecule has 1 amide bonds. The van der Waals surface area contributed by atoms with Gasteiger partial charge in [0.1, 0.15) is 0 Å². The third-order valence-corrected chi connectivity index (χ3v) is 1.75. The van der Waals surface area contributed by atoms with Gasteiger partial charge in [0.15, 0.2) is 0 Å². The van der Waals surface area contributed by atoms with Crippen molar-refractivity contribution in [3.05, 3.63) is 34.9 Å². The van der Waals surface area contributed by atoms with Crippen LogP contribution in [0.4, 0.5) is 0 Å². The molecule has 1 aromatic rings. The first-order valence-corrected chi connectivity index (χ1v) is 4.21. The fraction of sp³-hybridized carbons (Fsp3) is 0.111. The first-order valence-electron chi connectivity index (χ1n) is 3.83.